The van der Waals surface area contributed by atoms with Crippen molar-refractivity contribution in [3.8, 4) is 0 Å². The molecule has 1 aliphatic carbocycles. The predicted molar refractivity (Wildman–Crippen MR) is 132 cm³/mol. The average Bonchev–Trinajstić information content (AvgIpc) is 2.83. The Morgan fingerprint density at radius 1 is 0.917 bits per heavy atom. The molecule has 190 valence electrons. The fourth-order valence-electron chi connectivity index (χ4n) is 3.43. The van der Waals surface area contributed by atoms with Gasteiger partial charge in [0.05, 0.1) is 17.3 Å². The summed E-state index contributed by atoms with van der Waals surface area (Å²) in [6, 6.07) is 5.65. The van der Waals surface area contributed by atoms with Crippen LogP contribution in [0, 0.1) is 0 Å². The lowest BCUT2D eigenvalue weighted by Gasteiger charge is -2.41. The highest BCUT2D eigenvalue weighted by molar-refractivity contribution is 7.89. The second kappa shape index (κ2) is 10.1. The Labute approximate surface area is 207 Å². The quantitative estimate of drug-likeness (QED) is 0.199. The van der Waals surface area contributed by atoms with E-state index < -0.39 is 25.9 Å². The summed E-state index contributed by atoms with van der Waals surface area (Å²) in [6.07, 6.45) is 14.8. The number of hydrogen-bond acceptors (Lipinski definition) is 12. The van der Waals surface area contributed by atoms with E-state index in [-0.39, 0.29) is 27.4 Å². The van der Waals surface area contributed by atoms with E-state index in [1.54, 1.807) is 36.7 Å². The molecular formula is C20H22N8O6S2. The molecule has 0 saturated carbocycles. The summed E-state index contributed by atoms with van der Waals surface area (Å²) >= 11 is 0. The number of nitrogens with zero attached hydrogens (tertiary/aromatic N) is 4. The van der Waals surface area contributed by atoms with Gasteiger partial charge < -0.3 is 0 Å². The van der Waals surface area contributed by atoms with Crippen LogP contribution in [-0.4, -0.2) is 54.5 Å². The lowest BCUT2D eigenvalue weighted by atomic mass is 9.96. The van der Waals surface area contributed by atoms with E-state index in [1.165, 1.54) is 59.3 Å². The molecule has 3 aliphatic rings. The number of allylic oxidation sites excluding steroid dienone is 5. The summed E-state index contributed by atoms with van der Waals surface area (Å²) < 4.78 is 67.7. The molecule has 4 rings (SSSR count). The van der Waals surface area contributed by atoms with Gasteiger partial charge in [-0.1, -0.05) is 36.4 Å². The van der Waals surface area contributed by atoms with Gasteiger partial charge in [0.1, 0.15) is 10.6 Å². The predicted octanol–water partition coefficient (Wildman–Crippen LogP) is 0.393. The minimum atomic E-state index is -4.72. The molecule has 16 heteroatoms. The maximum atomic E-state index is 12.4. The Morgan fingerprint density at radius 2 is 1.53 bits per heavy atom. The van der Waals surface area contributed by atoms with Crippen molar-refractivity contribution in [2.75, 3.05) is 0 Å². The maximum absolute atomic E-state index is 12.4. The number of rotatable bonds is 8. The van der Waals surface area contributed by atoms with Gasteiger partial charge in [-0.15, -0.1) is 20.7 Å². The van der Waals surface area contributed by atoms with Crippen LogP contribution in [0.25, 0.3) is 6.08 Å². The highest BCUT2D eigenvalue weighted by Gasteiger charge is 2.39. The van der Waals surface area contributed by atoms with E-state index in [1.807, 2.05) is 0 Å². The van der Waals surface area contributed by atoms with Gasteiger partial charge in [-0.05, 0) is 35.4 Å². The molecule has 36 heavy (non-hydrogen) atoms. The number of hydrogen-bond donors (Lipinski definition) is 6. The molecule has 14 nitrogen and oxygen atoms in total. The first kappa shape index (κ1) is 25.3. The zero-order chi connectivity index (χ0) is 25.8. The zero-order valence-electron chi connectivity index (χ0n) is 18.4. The molecular weight excluding hydrogens is 512 g/mol. The molecule has 2 aliphatic heterocycles. The molecule has 0 bridgehead atoms. The molecule has 0 saturated heterocycles. The Bertz CT molecular complexity index is 1410. The summed E-state index contributed by atoms with van der Waals surface area (Å²) in [4.78, 5) is -0.726. The monoisotopic (exact) mass is 534 g/mol. The molecule has 0 atom stereocenters. The number of benzene rings is 1. The number of nitrogens with one attached hydrogen (secondary N) is 4. The molecule has 0 radical (unpaired) electrons. The molecule has 0 fully saturated rings. The molecule has 1 aromatic carbocycles. The highest BCUT2D eigenvalue weighted by atomic mass is 32.2. The third-order valence-corrected chi connectivity index (χ3v) is 6.92. The molecule has 0 unspecified atom stereocenters. The SMILES string of the molecule is O=S(=O)(O)C1=C(C=Cc2ccccc2S(=O)(=O)O)C=CC(NN2N=CC=CN2)(NN2N=CC=CN2)C1. The summed E-state index contributed by atoms with van der Waals surface area (Å²) in [6.45, 7) is 0. The molecule has 0 aromatic heterocycles. The first-order valence-electron chi connectivity index (χ1n) is 10.3. The summed E-state index contributed by atoms with van der Waals surface area (Å²) in [5.41, 5.74) is 10.5. The minimum absolute atomic E-state index is 0.0897. The van der Waals surface area contributed by atoms with Crippen molar-refractivity contribution in [3.05, 3.63) is 83.1 Å². The van der Waals surface area contributed by atoms with Crippen LogP contribution in [0.2, 0.25) is 0 Å². The first-order chi connectivity index (χ1) is 17.1. The second-order valence-electron chi connectivity index (χ2n) is 7.53. The van der Waals surface area contributed by atoms with Crippen LogP contribution in [0.5, 0.6) is 0 Å². The fourth-order valence-corrected chi connectivity index (χ4v) is 4.96. The van der Waals surface area contributed by atoms with Gasteiger partial charge in [-0.2, -0.15) is 27.7 Å². The second-order valence-corrected chi connectivity index (χ2v) is 10.4. The summed E-state index contributed by atoms with van der Waals surface area (Å²) in [7, 11) is -9.24. The maximum Gasteiger partial charge on any atom is 0.295 e. The van der Waals surface area contributed by atoms with Crippen LogP contribution < -0.4 is 21.7 Å². The third kappa shape index (κ3) is 6.06. The smallest absolute Gasteiger partial charge is 0.282 e. The van der Waals surface area contributed by atoms with Gasteiger partial charge in [-0.25, -0.2) is 0 Å². The highest BCUT2D eigenvalue weighted by Crippen LogP contribution is 2.31. The van der Waals surface area contributed by atoms with Crippen molar-refractivity contribution in [2.24, 2.45) is 10.2 Å². The Morgan fingerprint density at radius 3 is 2.06 bits per heavy atom. The van der Waals surface area contributed by atoms with Crippen LogP contribution in [0.1, 0.15) is 12.0 Å². The van der Waals surface area contributed by atoms with Gasteiger partial charge in [0.2, 0.25) is 0 Å². The summed E-state index contributed by atoms with van der Waals surface area (Å²) in [5, 5.41) is 10.6. The van der Waals surface area contributed by atoms with Crippen LogP contribution >= 0.6 is 0 Å². The van der Waals surface area contributed by atoms with Crippen LogP contribution in [0.4, 0.5) is 0 Å². The fraction of sp³-hybridized carbons (Fsp3) is 0.100. The standard InChI is InChI=1S/C20H22N8O6S2/c29-35(30,31)18-6-2-1-5-16(18)7-8-17-9-10-20(15-19(17)36(32,33)34,25-27-21-11-3-12-22-27)26-28-23-13-4-14-24-28/h1-14,21,23,25-26H,15H2,(H,29,30,31)(H,32,33,34). The molecule has 1 aromatic rings. The van der Waals surface area contributed by atoms with Gasteiger partial charge in [0.25, 0.3) is 20.2 Å². The first-order valence-corrected chi connectivity index (χ1v) is 13.1. The van der Waals surface area contributed by atoms with Crippen molar-refractivity contribution in [3.63, 3.8) is 0 Å². The van der Waals surface area contributed by atoms with E-state index in [0.29, 0.717) is 0 Å². The third-order valence-electron chi connectivity index (χ3n) is 4.99. The van der Waals surface area contributed by atoms with E-state index in [2.05, 4.69) is 31.9 Å². The summed E-state index contributed by atoms with van der Waals surface area (Å²) in [5.74, 6) is 0. The Hall–Kier alpha value is -3.80. The van der Waals surface area contributed by atoms with E-state index >= 15 is 0 Å². The van der Waals surface area contributed by atoms with Crippen LogP contribution in [-0.2, 0) is 20.2 Å². The lowest BCUT2D eigenvalue weighted by Crippen LogP contribution is -2.67. The van der Waals surface area contributed by atoms with E-state index in [9.17, 15) is 25.9 Å². The largest absolute Gasteiger partial charge is 0.295 e. The van der Waals surface area contributed by atoms with Crippen molar-refractivity contribution >= 4 is 38.7 Å². The molecule has 2 heterocycles. The topological polar surface area (TPSA) is 188 Å². The normalized spacial score (nSPS) is 19.2. The van der Waals surface area contributed by atoms with Gasteiger partial charge in [-0.3, -0.25) is 20.0 Å². The van der Waals surface area contributed by atoms with Gasteiger partial charge in [0, 0.05) is 18.8 Å². The lowest BCUT2D eigenvalue weighted by molar-refractivity contribution is 0.00410. The minimum Gasteiger partial charge on any atom is -0.282 e. The van der Waals surface area contributed by atoms with Crippen molar-refractivity contribution in [1.29, 1.82) is 0 Å². The van der Waals surface area contributed by atoms with Crippen molar-refractivity contribution in [1.82, 2.24) is 32.2 Å². The molecule has 0 spiro atoms. The Balaban J connectivity index is 1.70. The van der Waals surface area contributed by atoms with Gasteiger partial charge >= 0.3 is 0 Å². The molecule has 0 amide bonds. The van der Waals surface area contributed by atoms with Crippen LogP contribution in [0.3, 0.4) is 0 Å². The van der Waals surface area contributed by atoms with Crippen molar-refractivity contribution < 1.29 is 25.9 Å². The van der Waals surface area contributed by atoms with Crippen molar-refractivity contribution in [2.45, 2.75) is 17.0 Å². The average molecular weight is 535 g/mol. The van der Waals surface area contributed by atoms with Gasteiger partial charge in [0.15, 0.2) is 0 Å². The van der Waals surface area contributed by atoms with E-state index in [0.717, 1.165) is 0 Å². The number of hydrazone groups is 2. The number of hydrazine groups is 4. The van der Waals surface area contributed by atoms with E-state index in [4.69, 9.17) is 0 Å². The molecule has 6 N–H and O–H groups in total. The zero-order valence-corrected chi connectivity index (χ0v) is 20.1. The van der Waals surface area contributed by atoms with Crippen LogP contribution in [0.15, 0.2) is 92.6 Å². The Kier molecular flexibility index (Phi) is 7.07.